The molecule has 0 aromatic carbocycles. The summed E-state index contributed by atoms with van der Waals surface area (Å²) in [5.74, 6) is 0. The molecule has 1 aliphatic carbocycles. The van der Waals surface area contributed by atoms with Gasteiger partial charge in [-0.05, 0) is 33.6 Å². The van der Waals surface area contributed by atoms with Crippen molar-refractivity contribution in [3.8, 4) is 0 Å². The number of H-pyrrole nitrogens is 1. The van der Waals surface area contributed by atoms with Crippen LogP contribution in [0, 0.1) is 6.92 Å². The first-order chi connectivity index (χ1) is 9.94. The van der Waals surface area contributed by atoms with Crippen LogP contribution in [0.25, 0.3) is 0 Å². The van der Waals surface area contributed by atoms with Gasteiger partial charge in [0.25, 0.3) is 10.0 Å². The number of rotatable bonds is 9. The van der Waals surface area contributed by atoms with Crippen molar-refractivity contribution >= 4 is 10.0 Å². The van der Waals surface area contributed by atoms with E-state index in [1.54, 1.807) is 0 Å². The second-order valence-corrected chi connectivity index (χ2v) is 7.09. The van der Waals surface area contributed by atoms with Crippen LogP contribution < -0.4 is 10.0 Å². The first-order valence-electron chi connectivity index (χ1n) is 7.32. The average molecular weight is 316 g/mol. The quantitative estimate of drug-likeness (QED) is 0.622. The number of aromatic nitrogens is 2. The summed E-state index contributed by atoms with van der Waals surface area (Å²) in [5.41, 5.74) is 1.49. The predicted molar refractivity (Wildman–Crippen MR) is 79.5 cm³/mol. The largest absolute Gasteiger partial charge is 0.377 e. The fourth-order valence-electron chi connectivity index (χ4n) is 2.03. The maximum atomic E-state index is 12.4. The number of ether oxygens (including phenoxy) is 1. The Morgan fingerprint density at radius 1 is 1.48 bits per heavy atom. The summed E-state index contributed by atoms with van der Waals surface area (Å²) in [7, 11) is -3.62. The van der Waals surface area contributed by atoms with Gasteiger partial charge in [-0.1, -0.05) is 0 Å². The molecule has 1 aromatic rings. The van der Waals surface area contributed by atoms with E-state index < -0.39 is 10.0 Å². The number of nitrogens with zero attached hydrogens (tertiary/aromatic N) is 1. The fourth-order valence-corrected chi connectivity index (χ4v) is 3.34. The Bertz CT molecular complexity index is 566. The summed E-state index contributed by atoms with van der Waals surface area (Å²) in [6, 6.07) is 0.515. The zero-order valence-electron chi connectivity index (χ0n) is 12.8. The van der Waals surface area contributed by atoms with Gasteiger partial charge in [-0.15, -0.1) is 0 Å². The van der Waals surface area contributed by atoms with Crippen LogP contribution in [0.5, 0.6) is 0 Å². The van der Waals surface area contributed by atoms with Gasteiger partial charge in [0.05, 0.1) is 6.10 Å². The molecule has 1 aliphatic rings. The van der Waals surface area contributed by atoms with Gasteiger partial charge in [-0.2, -0.15) is 5.10 Å². The summed E-state index contributed by atoms with van der Waals surface area (Å²) in [6.45, 7) is 6.85. The molecule has 21 heavy (non-hydrogen) atoms. The lowest BCUT2D eigenvalue weighted by molar-refractivity contribution is 0.0799. The zero-order valence-corrected chi connectivity index (χ0v) is 13.6. The van der Waals surface area contributed by atoms with Gasteiger partial charge >= 0.3 is 0 Å². The molecule has 0 aliphatic heterocycles. The minimum Gasteiger partial charge on any atom is -0.377 e. The van der Waals surface area contributed by atoms with Crippen LogP contribution in [0.1, 0.15) is 37.9 Å². The standard InChI is InChI=1S/C13H24N4O3S/c1-4-20-9(2)7-15-21(18,19)13-12(10(3)16-17-13)8-14-11-5-6-11/h9,11,14-15H,4-8H2,1-3H3,(H,16,17). The van der Waals surface area contributed by atoms with Crippen molar-refractivity contribution in [2.45, 2.75) is 57.3 Å². The summed E-state index contributed by atoms with van der Waals surface area (Å²) in [4.78, 5) is 0. The van der Waals surface area contributed by atoms with Gasteiger partial charge in [-0.3, -0.25) is 5.10 Å². The molecule has 0 bridgehead atoms. The molecule has 0 amide bonds. The highest BCUT2D eigenvalue weighted by atomic mass is 32.2. The van der Waals surface area contributed by atoms with E-state index >= 15 is 0 Å². The van der Waals surface area contributed by atoms with Crippen LogP contribution in [0.2, 0.25) is 0 Å². The van der Waals surface area contributed by atoms with Gasteiger partial charge in [-0.25, -0.2) is 13.1 Å². The third-order valence-electron chi connectivity index (χ3n) is 3.45. The van der Waals surface area contributed by atoms with Crippen molar-refractivity contribution in [3.05, 3.63) is 11.3 Å². The van der Waals surface area contributed by atoms with Crippen LogP contribution in [0.4, 0.5) is 0 Å². The van der Waals surface area contributed by atoms with E-state index in [4.69, 9.17) is 4.74 Å². The second kappa shape index (κ2) is 6.87. The summed E-state index contributed by atoms with van der Waals surface area (Å²) in [6.07, 6.45) is 2.14. The molecule has 1 fully saturated rings. The fraction of sp³-hybridized carbons (Fsp3) is 0.769. The smallest absolute Gasteiger partial charge is 0.260 e. The lowest BCUT2D eigenvalue weighted by Crippen LogP contribution is -2.33. The van der Waals surface area contributed by atoms with E-state index in [9.17, 15) is 8.42 Å². The van der Waals surface area contributed by atoms with Crippen molar-refractivity contribution < 1.29 is 13.2 Å². The predicted octanol–water partition coefficient (Wildman–Crippen LogP) is 0.673. The number of sulfonamides is 1. The minimum atomic E-state index is -3.62. The second-order valence-electron chi connectivity index (χ2n) is 5.41. The molecule has 1 saturated carbocycles. The lowest BCUT2D eigenvalue weighted by atomic mass is 10.2. The maximum absolute atomic E-state index is 12.4. The molecule has 1 atom stereocenters. The molecule has 1 unspecified atom stereocenters. The highest BCUT2D eigenvalue weighted by Crippen LogP contribution is 2.21. The molecule has 1 heterocycles. The average Bonchev–Trinajstić information content (AvgIpc) is 3.17. The molecule has 0 radical (unpaired) electrons. The maximum Gasteiger partial charge on any atom is 0.260 e. The number of hydrogen-bond donors (Lipinski definition) is 3. The molecule has 0 saturated heterocycles. The highest BCUT2D eigenvalue weighted by Gasteiger charge is 2.26. The normalized spacial score (nSPS) is 17.1. The Balaban J connectivity index is 2.04. The van der Waals surface area contributed by atoms with E-state index in [1.807, 2.05) is 20.8 Å². The van der Waals surface area contributed by atoms with E-state index in [0.29, 0.717) is 24.8 Å². The van der Waals surface area contributed by atoms with E-state index in [0.717, 1.165) is 18.5 Å². The van der Waals surface area contributed by atoms with Gasteiger partial charge in [0.2, 0.25) is 0 Å². The number of nitrogens with one attached hydrogen (secondary N) is 3. The third-order valence-corrected chi connectivity index (χ3v) is 4.84. The Kier molecular flexibility index (Phi) is 5.37. The van der Waals surface area contributed by atoms with Crippen LogP contribution in [-0.2, 0) is 21.3 Å². The van der Waals surface area contributed by atoms with Crippen LogP contribution in [0.3, 0.4) is 0 Å². The Labute approximate surface area is 125 Å². The molecule has 3 N–H and O–H groups in total. The molecule has 120 valence electrons. The number of hydrogen-bond acceptors (Lipinski definition) is 5. The molecule has 8 heteroatoms. The Morgan fingerprint density at radius 2 is 2.19 bits per heavy atom. The Morgan fingerprint density at radius 3 is 2.81 bits per heavy atom. The highest BCUT2D eigenvalue weighted by molar-refractivity contribution is 7.89. The van der Waals surface area contributed by atoms with E-state index in [1.165, 1.54) is 0 Å². The summed E-state index contributed by atoms with van der Waals surface area (Å²) < 4.78 is 32.6. The summed E-state index contributed by atoms with van der Waals surface area (Å²) in [5, 5.41) is 10.1. The zero-order chi connectivity index (χ0) is 15.5. The van der Waals surface area contributed by atoms with Crippen molar-refractivity contribution in [2.24, 2.45) is 0 Å². The number of aryl methyl sites for hydroxylation is 1. The van der Waals surface area contributed by atoms with Crippen LogP contribution in [-0.4, -0.2) is 43.9 Å². The molecule has 0 spiro atoms. The lowest BCUT2D eigenvalue weighted by Gasteiger charge is -2.13. The van der Waals surface area contributed by atoms with E-state index in [2.05, 4.69) is 20.2 Å². The Hall–Kier alpha value is -0.960. The molecule has 2 rings (SSSR count). The summed E-state index contributed by atoms with van der Waals surface area (Å²) >= 11 is 0. The van der Waals surface area contributed by atoms with Crippen molar-refractivity contribution in [3.63, 3.8) is 0 Å². The first kappa shape index (κ1) is 16.4. The van der Waals surface area contributed by atoms with Crippen molar-refractivity contribution in [2.75, 3.05) is 13.2 Å². The van der Waals surface area contributed by atoms with Gasteiger partial charge in [0, 0.05) is 37.0 Å². The van der Waals surface area contributed by atoms with Crippen LogP contribution in [0.15, 0.2) is 5.03 Å². The number of aromatic amines is 1. The minimum absolute atomic E-state index is 0.0804. The molecular weight excluding hydrogens is 292 g/mol. The topological polar surface area (TPSA) is 96.1 Å². The first-order valence-corrected chi connectivity index (χ1v) is 8.80. The monoisotopic (exact) mass is 316 g/mol. The SMILES string of the molecule is CCOC(C)CNS(=O)(=O)c1n[nH]c(C)c1CNC1CC1. The van der Waals surface area contributed by atoms with Gasteiger partial charge in [0.15, 0.2) is 5.03 Å². The molecular formula is C13H24N4O3S. The molecule has 7 nitrogen and oxygen atoms in total. The van der Waals surface area contributed by atoms with Crippen LogP contribution >= 0.6 is 0 Å². The van der Waals surface area contributed by atoms with E-state index in [-0.39, 0.29) is 17.7 Å². The van der Waals surface area contributed by atoms with Gasteiger partial charge in [0.1, 0.15) is 0 Å². The van der Waals surface area contributed by atoms with Crippen molar-refractivity contribution in [1.29, 1.82) is 0 Å². The third kappa shape index (κ3) is 4.50. The van der Waals surface area contributed by atoms with Crippen molar-refractivity contribution in [1.82, 2.24) is 20.2 Å². The molecule has 1 aromatic heterocycles. The van der Waals surface area contributed by atoms with Gasteiger partial charge < -0.3 is 10.1 Å².